The molecular weight excluding hydrogens is 252 g/mol. The number of nitrogens with zero attached hydrogens (tertiary/aromatic N) is 3. The van der Waals surface area contributed by atoms with Gasteiger partial charge in [0.1, 0.15) is 0 Å². The zero-order valence-corrected chi connectivity index (χ0v) is 11.7. The maximum absolute atomic E-state index is 5.22. The van der Waals surface area contributed by atoms with Gasteiger partial charge >= 0.3 is 6.01 Å². The van der Waals surface area contributed by atoms with Crippen molar-refractivity contribution in [1.29, 1.82) is 0 Å². The third-order valence-electron chi connectivity index (χ3n) is 2.77. The first-order chi connectivity index (χ1) is 9.51. The summed E-state index contributed by atoms with van der Waals surface area (Å²) in [5.74, 6) is 0.572. The minimum atomic E-state index is -0.114. The average Bonchev–Trinajstić information content (AvgIpc) is 2.84. The first-order valence-electron chi connectivity index (χ1n) is 6.48. The van der Waals surface area contributed by atoms with Gasteiger partial charge in [0.05, 0.1) is 5.52 Å². The summed E-state index contributed by atoms with van der Waals surface area (Å²) in [6.07, 6.45) is 1.78. The monoisotopic (exact) mass is 268 g/mol. The smallest absolute Gasteiger partial charge is 0.322 e. The van der Waals surface area contributed by atoms with E-state index in [1.54, 1.807) is 6.20 Å². The lowest BCUT2D eigenvalue weighted by atomic mass is 10.1. The highest BCUT2D eigenvalue weighted by atomic mass is 16.5. The van der Waals surface area contributed by atoms with Crippen LogP contribution in [0.25, 0.3) is 22.3 Å². The van der Waals surface area contributed by atoms with Crippen LogP contribution in [0.15, 0.2) is 41.1 Å². The molecule has 5 heteroatoms. The second-order valence-corrected chi connectivity index (χ2v) is 5.71. The summed E-state index contributed by atoms with van der Waals surface area (Å²) < 4.78 is 5.22. The largest absolute Gasteiger partial charge is 0.333 e. The fourth-order valence-corrected chi connectivity index (χ4v) is 1.93. The third kappa shape index (κ3) is 2.61. The zero-order chi connectivity index (χ0) is 14.2. The molecule has 0 unspecified atom stereocenters. The van der Waals surface area contributed by atoms with Crippen molar-refractivity contribution in [3.8, 4) is 11.4 Å². The normalized spacial score (nSPS) is 11.8. The lowest BCUT2D eigenvalue weighted by Crippen LogP contribution is -2.26. The molecule has 5 nitrogen and oxygen atoms in total. The van der Waals surface area contributed by atoms with Crippen LogP contribution in [-0.2, 0) is 0 Å². The van der Waals surface area contributed by atoms with Gasteiger partial charge in [0.2, 0.25) is 5.82 Å². The summed E-state index contributed by atoms with van der Waals surface area (Å²) in [6.45, 7) is 6.12. The molecule has 0 amide bonds. The first kappa shape index (κ1) is 12.6. The Hall–Kier alpha value is -2.43. The van der Waals surface area contributed by atoms with Crippen LogP contribution in [0.3, 0.4) is 0 Å². The van der Waals surface area contributed by atoms with Crippen molar-refractivity contribution in [3.63, 3.8) is 0 Å². The fourth-order valence-electron chi connectivity index (χ4n) is 1.93. The molecule has 0 atom stereocenters. The summed E-state index contributed by atoms with van der Waals surface area (Å²) in [4.78, 5) is 8.66. The molecule has 0 saturated heterocycles. The van der Waals surface area contributed by atoms with Gasteiger partial charge in [-0.2, -0.15) is 4.98 Å². The van der Waals surface area contributed by atoms with Gasteiger partial charge in [0.25, 0.3) is 0 Å². The summed E-state index contributed by atoms with van der Waals surface area (Å²) >= 11 is 0. The molecule has 0 fully saturated rings. The molecule has 1 N–H and O–H groups in total. The van der Waals surface area contributed by atoms with Crippen LogP contribution in [0.1, 0.15) is 20.8 Å². The Morgan fingerprint density at radius 3 is 2.80 bits per heavy atom. The zero-order valence-electron chi connectivity index (χ0n) is 11.7. The molecule has 3 aromatic rings. The average molecular weight is 268 g/mol. The second-order valence-electron chi connectivity index (χ2n) is 5.71. The molecule has 1 aromatic carbocycles. The van der Waals surface area contributed by atoms with Crippen LogP contribution in [-0.4, -0.2) is 20.7 Å². The van der Waals surface area contributed by atoms with Crippen LogP contribution in [0.2, 0.25) is 0 Å². The number of anilines is 1. The van der Waals surface area contributed by atoms with Crippen LogP contribution < -0.4 is 5.32 Å². The SMILES string of the molecule is CC(C)(C)Nc1nc(-c2ccc3ncccc3c2)no1. The summed E-state index contributed by atoms with van der Waals surface area (Å²) in [5, 5.41) is 8.22. The Morgan fingerprint density at radius 1 is 1.15 bits per heavy atom. The number of nitrogens with one attached hydrogen (secondary N) is 1. The quantitative estimate of drug-likeness (QED) is 0.770. The molecule has 0 aliphatic heterocycles. The van der Waals surface area contributed by atoms with Crippen molar-refractivity contribution in [2.75, 3.05) is 5.32 Å². The molecular formula is C15H16N4O. The standard InChI is InChI=1S/C15H16N4O/c1-15(2,3)18-14-17-13(19-20-14)11-6-7-12-10(9-11)5-4-8-16-12/h4-9H,1-3H3,(H,17,18,19). The van der Waals surface area contributed by atoms with Crippen molar-refractivity contribution < 1.29 is 4.52 Å². The predicted molar refractivity (Wildman–Crippen MR) is 78.4 cm³/mol. The summed E-state index contributed by atoms with van der Waals surface area (Å²) in [5.41, 5.74) is 1.75. The Morgan fingerprint density at radius 2 is 2.00 bits per heavy atom. The van der Waals surface area contributed by atoms with Crippen LogP contribution in [0.4, 0.5) is 6.01 Å². The molecule has 102 valence electrons. The van der Waals surface area contributed by atoms with E-state index in [-0.39, 0.29) is 5.54 Å². The van der Waals surface area contributed by atoms with Gasteiger partial charge in [0.15, 0.2) is 0 Å². The van der Waals surface area contributed by atoms with Crippen molar-refractivity contribution >= 4 is 16.9 Å². The Labute approximate surface area is 117 Å². The second kappa shape index (κ2) is 4.59. The molecule has 0 spiro atoms. The van der Waals surface area contributed by atoms with Gasteiger partial charge in [-0.1, -0.05) is 11.2 Å². The highest BCUT2D eigenvalue weighted by Crippen LogP contribution is 2.23. The van der Waals surface area contributed by atoms with E-state index in [1.165, 1.54) is 0 Å². The Kier molecular flexibility index (Phi) is 2.89. The van der Waals surface area contributed by atoms with Crippen molar-refractivity contribution in [2.45, 2.75) is 26.3 Å². The lowest BCUT2D eigenvalue weighted by molar-refractivity contribution is 0.420. The van der Waals surface area contributed by atoms with Crippen molar-refractivity contribution in [2.24, 2.45) is 0 Å². The summed E-state index contributed by atoms with van der Waals surface area (Å²) in [7, 11) is 0. The molecule has 0 aliphatic carbocycles. The van der Waals surface area contributed by atoms with E-state index in [0.29, 0.717) is 11.8 Å². The maximum atomic E-state index is 5.22. The number of pyridine rings is 1. The molecule has 0 bridgehead atoms. The highest BCUT2D eigenvalue weighted by Gasteiger charge is 2.15. The number of rotatable bonds is 2. The lowest BCUT2D eigenvalue weighted by Gasteiger charge is -2.17. The van der Waals surface area contributed by atoms with E-state index >= 15 is 0 Å². The minimum Gasteiger partial charge on any atom is -0.333 e. The molecule has 0 aliphatic rings. The fraction of sp³-hybridized carbons (Fsp3) is 0.267. The summed E-state index contributed by atoms with van der Waals surface area (Å²) in [6, 6.07) is 10.3. The molecule has 2 aromatic heterocycles. The van der Waals surface area contributed by atoms with Crippen LogP contribution >= 0.6 is 0 Å². The van der Waals surface area contributed by atoms with Gasteiger partial charge in [-0.3, -0.25) is 4.98 Å². The molecule has 3 rings (SSSR count). The number of benzene rings is 1. The van der Waals surface area contributed by atoms with E-state index in [4.69, 9.17) is 4.52 Å². The van der Waals surface area contributed by atoms with Crippen LogP contribution in [0.5, 0.6) is 0 Å². The highest BCUT2D eigenvalue weighted by molar-refractivity contribution is 5.83. The minimum absolute atomic E-state index is 0.114. The third-order valence-corrected chi connectivity index (χ3v) is 2.77. The number of aromatic nitrogens is 3. The van der Waals surface area contributed by atoms with Gasteiger partial charge in [0, 0.05) is 22.7 Å². The number of fused-ring (bicyclic) bond motifs is 1. The van der Waals surface area contributed by atoms with E-state index < -0.39 is 0 Å². The number of hydrogen-bond donors (Lipinski definition) is 1. The molecule has 2 heterocycles. The topological polar surface area (TPSA) is 63.8 Å². The van der Waals surface area contributed by atoms with Gasteiger partial charge < -0.3 is 9.84 Å². The van der Waals surface area contributed by atoms with Gasteiger partial charge in [-0.25, -0.2) is 0 Å². The van der Waals surface area contributed by atoms with Gasteiger partial charge in [-0.15, -0.1) is 0 Å². The Balaban J connectivity index is 1.95. The number of hydrogen-bond acceptors (Lipinski definition) is 5. The van der Waals surface area contributed by atoms with E-state index in [0.717, 1.165) is 16.5 Å². The van der Waals surface area contributed by atoms with Crippen LogP contribution in [0, 0.1) is 0 Å². The Bertz CT molecular complexity index is 743. The predicted octanol–water partition coefficient (Wildman–Crippen LogP) is 3.50. The van der Waals surface area contributed by atoms with Gasteiger partial charge in [-0.05, 0) is 45.0 Å². The molecule has 20 heavy (non-hydrogen) atoms. The molecule has 0 radical (unpaired) electrons. The van der Waals surface area contributed by atoms with E-state index in [2.05, 4.69) is 20.4 Å². The first-order valence-corrected chi connectivity index (χ1v) is 6.48. The van der Waals surface area contributed by atoms with E-state index in [1.807, 2.05) is 51.1 Å². The molecule has 0 saturated carbocycles. The van der Waals surface area contributed by atoms with Crippen molar-refractivity contribution in [3.05, 3.63) is 36.5 Å². The van der Waals surface area contributed by atoms with E-state index in [9.17, 15) is 0 Å². The van der Waals surface area contributed by atoms with Crippen molar-refractivity contribution in [1.82, 2.24) is 15.1 Å². The maximum Gasteiger partial charge on any atom is 0.322 e.